The summed E-state index contributed by atoms with van der Waals surface area (Å²) in [4.78, 5) is 18.4. The van der Waals surface area contributed by atoms with Gasteiger partial charge in [0.2, 0.25) is 0 Å². The lowest BCUT2D eigenvalue weighted by atomic mass is 10.2. The summed E-state index contributed by atoms with van der Waals surface area (Å²) >= 11 is 0. The van der Waals surface area contributed by atoms with Crippen LogP contribution < -0.4 is 4.74 Å². The minimum absolute atomic E-state index is 0.0890. The van der Waals surface area contributed by atoms with Gasteiger partial charge in [-0.25, -0.2) is 9.78 Å². The Bertz CT molecular complexity index is 377. The van der Waals surface area contributed by atoms with Crippen molar-refractivity contribution in [3.63, 3.8) is 0 Å². The van der Waals surface area contributed by atoms with Crippen LogP contribution in [0.3, 0.4) is 0 Å². The molecule has 1 heterocycles. The third-order valence-corrected chi connectivity index (χ3v) is 1.74. The lowest BCUT2D eigenvalue weighted by molar-refractivity contribution is 0.0695. The molecule has 0 bridgehead atoms. The number of hydrogen-bond acceptors (Lipinski definition) is 4. The molecule has 0 unspecified atom stereocenters. The van der Waals surface area contributed by atoms with Crippen LogP contribution in [0.4, 0.5) is 0 Å². The normalized spacial score (nSPS) is 9.67. The molecule has 0 atom stereocenters. The van der Waals surface area contributed by atoms with Gasteiger partial charge < -0.3 is 9.84 Å². The van der Waals surface area contributed by atoms with E-state index in [0.29, 0.717) is 18.7 Å². The molecular weight excluding hydrogens is 196 g/mol. The van der Waals surface area contributed by atoms with E-state index in [0.717, 1.165) is 0 Å². The molecule has 0 aliphatic rings. The standard InChI is InChI=1S/C10H12N2O3/c1-3-4-5-15-10-11-6-8(9(13)14)7(2)12-10/h3,6H,1,4-5H2,2H3,(H,13,14). The highest BCUT2D eigenvalue weighted by molar-refractivity contribution is 5.88. The first kappa shape index (κ1) is 11.2. The van der Waals surface area contributed by atoms with Crippen LogP contribution in [0.1, 0.15) is 22.5 Å². The van der Waals surface area contributed by atoms with Crippen LogP contribution in [-0.4, -0.2) is 27.7 Å². The minimum Gasteiger partial charge on any atom is -0.478 e. The number of carboxylic acid groups (broad SMARTS) is 1. The van der Waals surface area contributed by atoms with Crippen molar-refractivity contribution < 1.29 is 14.6 Å². The van der Waals surface area contributed by atoms with Crippen molar-refractivity contribution >= 4 is 5.97 Å². The van der Waals surface area contributed by atoms with Crippen molar-refractivity contribution in [1.29, 1.82) is 0 Å². The molecule has 5 heteroatoms. The maximum atomic E-state index is 10.7. The van der Waals surface area contributed by atoms with Crippen molar-refractivity contribution in [3.8, 4) is 6.01 Å². The topological polar surface area (TPSA) is 72.3 Å². The number of carboxylic acids is 1. The van der Waals surface area contributed by atoms with Gasteiger partial charge in [-0.3, -0.25) is 0 Å². The first-order chi connectivity index (χ1) is 7.15. The average molecular weight is 208 g/mol. The summed E-state index contributed by atoms with van der Waals surface area (Å²) in [7, 11) is 0. The Morgan fingerprint density at radius 3 is 3.00 bits per heavy atom. The summed E-state index contributed by atoms with van der Waals surface area (Å²) in [6.45, 7) is 5.59. The van der Waals surface area contributed by atoms with E-state index < -0.39 is 5.97 Å². The van der Waals surface area contributed by atoms with E-state index in [2.05, 4.69) is 16.5 Å². The Morgan fingerprint density at radius 2 is 2.47 bits per heavy atom. The summed E-state index contributed by atoms with van der Waals surface area (Å²) in [6, 6.07) is 0.194. The molecule has 0 amide bonds. The zero-order valence-electron chi connectivity index (χ0n) is 8.43. The molecule has 1 rings (SSSR count). The van der Waals surface area contributed by atoms with Crippen LogP contribution in [0, 0.1) is 6.92 Å². The molecule has 0 aliphatic heterocycles. The number of nitrogens with zero attached hydrogens (tertiary/aromatic N) is 2. The number of ether oxygens (including phenoxy) is 1. The highest BCUT2D eigenvalue weighted by Crippen LogP contribution is 2.08. The van der Waals surface area contributed by atoms with Gasteiger partial charge in [-0.15, -0.1) is 6.58 Å². The van der Waals surface area contributed by atoms with E-state index >= 15 is 0 Å². The molecule has 0 saturated heterocycles. The smallest absolute Gasteiger partial charge is 0.339 e. The minimum atomic E-state index is -1.04. The van der Waals surface area contributed by atoms with Gasteiger partial charge >= 0.3 is 12.0 Å². The van der Waals surface area contributed by atoms with E-state index in [4.69, 9.17) is 9.84 Å². The van der Waals surface area contributed by atoms with E-state index in [9.17, 15) is 4.79 Å². The van der Waals surface area contributed by atoms with Crippen LogP contribution in [0.2, 0.25) is 0 Å². The Balaban J connectivity index is 2.73. The Morgan fingerprint density at radius 1 is 1.73 bits per heavy atom. The molecule has 0 aliphatic carbocycles. The molecule has 1 aromatic rings. The summed E-state index contributed by atoms with van der Waals surface area (Å²) in [5.74, 6) is -1.04. The molecule has 0 fully saturated rings. The molecule has 0 saturated carbocycles. The fraction of sp³-hybridized carbons (Fsp3) is 0.300. The van der Waals surface area contributed by atoms with E-state index in [-0.39, 0.29) is 11.6 Å². The third-order valence-electron chi connectivity index (χ3n) is 1.74. The molecule has 1 aromatic heterocycles. The number of aromatic carboxylic acids is 1. The van der Waals surface area contributed by atoms with Crippen molar-refractivity contribution in [2.75, 3.05) is 6.61 Å². The maximum absolute atomic E-state index is 10.7. The second-order valence-corrected chi connectivity index (χ2v) is 2.88. The van der Waals surface area contributed by atoms with Crippen LogP contribution in [0.5, 0.6) is 6.01 Å². The summed E-state index contributed by atoms with van der Waals surface area (Å²) in [5, 5.41) is 8.74. The van der Waals surface area contributed by atoms with Crippen molar-refractivity contribution in [1.82, 2.24) is 9.97 Å². The summed E-state index contributed by atoms with van der Waals surface area (Å²) in [6.07, 6.45) is 3.66. The number of rotatable bonds is 5. The lowest BCUT2D eigenvalue weighted by Gasteiger charge is -2.04. The average Bonchev–Trinajstić information content (AvgIpc) is 2.17. The molecule has 5 nitrogen and oxygen atoms in total. The van der Waals surface area contributed by atoms with Gasteiger partial charge in [0, 0.05) is 6.20 Å². The molecule has 1 N–H and O–H groups in total. The van der Waals surface area contributed by atoms with Gasteiger partial charge in [0.05, 0.1) is 17.9 Å². The number of carbonyl (C=O) groups is 1. The first-order valence-electron chi connectivity index (χ1n) is 4.45. The molecular formula is C10H12N2O3. The zero-order valence-corrected chi connectivity index (χ0v) is 8.43. The van der Waals surface area contributed by atoms with E-state index in [1.54, 1.807) is 13.0 Å². The van der Waals surface area contributed by atoms with Gasteiger partial charge in [-0.05, 0) is 13.3 Å². The predicted octanol–water partition coefficient (Wildman–Crippen LogP) is 1.44. The summed E-state index contributed by atoms with van der Waals surface area (Å²) < 4.78 is 5.18. The predicted molar refractivity (Wildman–Crippen MR) is 54.0 cm³/mol. The van der Waals surface area contributed by atoms with Gasteiger partial charge in [0.25, 0.3) is 0 Å². The number of hydrogen-bond donors (Lipinski definition) is 1. The van der Waals surface area contributed by atoms with Crippen molar-refractivity contribution in [3.05, 3.63) is 30.1 Å². The highest BCUT2D eigenvalue weighted by atomic mass is 16.5. The second-order valence-electron chi connectivity index (χ2n) is 2.88. The number of aromatic nitrogens is 2. The highest BCUT2D eigenvalue weighted by Gasteiger charge is 2.09. The number of aryl methyl sites for hydroxylation is 1. The van der Waals surface area contributed by atoms with Crippen molar-refractivity contribution in [2.24, 2.45) is 0 Å². The molecule has 0 aromatic carbocycles. The SMILES string of the molecule is C=CCCOc1ncc(C(=O)O)c(C)n1. The largest absolute Gasteiger partial charge is 0.478 e. The monoisotopic (exact) mass is 208 g/mol. The summed E-state index contributed by atoms with van der Waals surface area (Å²) in [5.41, 5.74) is 0.483. The van der Waals surface area contributed by atoms with Crippen LogP contribution in [-0.2, 0) is 0 Å². The second kappa shape index (κ2) is 5.09. The van der Waals surface area contributed by atoms with Crippen molar-refractivity contribution in [2.45, 2.75) is 13.3 Å². The zero-order chi connectivity index (χ0) is 11.3. The maximum Gasteiger partial charge on any atom is 0.339 e. The Labute approximate surface area is 87.4 Å². The Kier molecular flexibility index (Phi) is 3.79. The van der Waals surface area contributed by atoms with Crippen LogP contribution in [0.25, 0.3) is 0 Å². The lowest BCUT2D eigenvalue weighted by Crippen LogP contribution is -2.06. The van der Waals surface area contributed by atoms with Crippen LogP contribution >= 0.6 is 0 Å². The quantitative estimate of drug-likeness (QED) is 0.585. The molecule has 0 spiro atoms. The van der Waals surface area contributed by atoms with Gasteiger partial charge in [-0.2, -0.15) is 4.98 Å². The van der Waals surface area contributed by atoms with E-state index in [1.807, 2.05) is 0 Å². The van der Waals surface area contributed by atoms with E-state index in [1.165, 1.54) is 6.20 Å². The molecule has 0 radical (unpaired) electrons. The molecule has 15 heavy (non-hydrogen) atoms. The van der Waals surface area contributed by atoms with Crippen LogP contribution in [0.15, 0.2) is 18.9 Å². The first-order valence-corrected chi connectivity index (χ1v) is 4.45. The fourth-order valence-electron chi connectivity index (χ4n) is 0.959. The molecule has 80 valence electrons. The fourth-order valence-corrected chi connectivity index (χ4v) is 0.959. The van der Waals surface area contributed by atoms with Gasteiger partial charge in [0.1, 0.15) is 0 Å². The van der Waals surface area contributed by atoms with Gasteiger partial charge in [0.15, 0.2) is 0 Å². The van der Waals surface area contributed by atoms with Gasteiger partial charge in [-0.1, -0.05) is 6.08 Å². The Hall–Kier alpha value is -1.91. The third kappa shape index (κ3) is 3.05.